The molecule has 0 bridgehead atoms. The van der Waals surface area contributed by atoms with Gasteiger partial charge >= 0.3 is 5.97 Å². The fourth-order valence-electron chi connectivity index (χ4n) is 2.19. The van der Waals surface area contributed by atoms with Crippen LogP contribution in [-0.4, -0.2) is 32.0 Å². The molecule has 24 heavy (non-hydrogen) atoms. The van der Waals surface area contributed by atoms with Crippen LogP contribution < -0.4 is 5.32 Å². The lowest BCUT2D eigenvalue weighted by atomic mass is 10.00. The van der Waals surface area contributed by atoms with Crippen LogP contribution in [0.15, 0.2) is 30.5 Å². The molecule has 0 aliphatic heterocycles. The molecule has 1 aromatic heterocycles. The van der Waals surface area contributed by atoms with Crippen LogP contribution in [0, 0.1) is 11.7 Å². The third-order valence-corrected chi connectivity index (χ3v) is 3.58. The van der Waals surface area contributed by atoms with Crippen molar-refractivity contribution in [3.05, 3.63) is 47.5 Å². The molecule has 2 rings (SSSR count). The molecule has 1 amide bonds. The van der Waals surface area contributed by atoms with E-state index in [0.29, 0.717) is 24.1 Å². The molecule has 2 aromatic rings. The number of hydrogen-bond acceptors (Lipinski definition) is 4. The van der Waals surface area contributed by atoms with Crippen molar-refractivity contribution >= 4 is 11.9 Å². The largest absolute Gasteiger partial charge is 0.480 e. The second-order valence-corrected chi connectivity index (χ2v) is 5.55. The average molecular weight is 334 g/mol. The minimum absolute atomic E-state index is 0.167. The van der Waals surface area contributed by atoms with Crippen LogP contribution in [0.4, 0.5) is 4.39 Å². The van der Waals surface area contributed by atoms with Crippen molar-refractivity contribution in [3.63, 3.8) is 0 Å². The van der Waals surface area contributed by atoms with E-state index >= 15 is 0 Å². The number of nitrogens with zero attached hydrogens (tertiary/aromatic N) is 3. The molecule has 0 saturated heterocycles. The molecule has 0 saturated carbocycles. The molecule has 1 aromatic carbocycles. The van der Waals surface area contributed by atoms with Gasteiger partial charge in [0.25, 0.3) is 0 Å². The van der Waals surface area contributed by atoms with E-state index in [4.69, 9.17) is 5.11 Å². The van der Waals surface area contributed by atoms with Crippen LogP contribution in [0.25, 0.3) is 0 Å². The zero-order valence-corrected chi connectivity index (χ0v) is 13.3. The number of carbonyl (C=O) groups is 2. The van der Waals surface area contributed by atoms with Gasteiger partial charge in [0.2, 0.25) is 5.91 Å². The van der Waals surface area contributed by atoms with E-state index in [0.717, 1.165) is 0 Å². The molecule has 1 atom stereocenters. The Bertz CT molecular complexity index is 717. The third-order valence-electron chi connectivity index (χ3n) is 3.58. The number of carbonyl (C=O) groups excluding carboxylic acids is 1. The molecule has 0 aliphatic rings. The topological polar surface area (TPSA) is 97.1 Å². The lowest BCUT2D eigenvalue weighted by Gasteiger charge is -2.11. The Morgan fingerprint density at radius 2 is 2.12 bits per heavy atom. The Kier molecular flexibility index (Phi) is 6.00. The summed E-state index contributed by atoms with van der Waals surface area (Å²) in [6.45, 7) is 1.67. The second kappa shape index (κ2) is 8.19. The molecule has 128 valence electrons. The van der Waals surface area contributed by atoms with Crippen molar-refractivity contribution in [2.24, 2.45) is 5.92 Å². The maximum absolute atomic E-state index is 13.5. The summed E-state index contributed by atoms with van der Waals surface area (Å²) in [5.41, 5.74) is 1.07. The number of amides is 1. The van der Waals surface area contributed by atoms with Crippen molar-refractivity contribution in [1.82, 2.24) is 20.3 Å². The lowest BCUT2D eigenvalue weighted by molar-refractivity contribution is -0.138. The summed E-state index contributed by atoms with van der Waals surface area (Å²) in [7, 11) is 0. The molecule has 0 fully saturated rings. The van der Waals surface area contributed by atoms with Gasteiger partial charge in [0, 0.05) is 5.92 Å². The standard InChI is InChI=1S/C16H19FN4O3/c1-11(6-7-12-4-2-3-5-14(12)17)16(24)18-8-13-9-21(20-19-13)10-15(22)23/h2-5,9,11H,6-8,10H2,1H3,(H,18,24)(H,22,23). The van der Waals surface area contributed by atoms with E-state index < -0.39 is 5.97 Å². The fraction of sp³-hybridized carbons (Fsp3) is 0.375. The van der Waals surface area contributed by atoms with E-state index in [2.05, 4.69) is 15.6 Å². The SMILES string of the molecule is CC(CCc1ccccc1F)C(=O)NCc1cn(CC(=O)O)nn1. The first-order valence-electron chi connectivity index (χ1n) is 7.57. The molecule has 7 nitrogen and oxygen atoms in total. The van der Waals surface area contributed by atoms with Crippen molar-refractivity contribution in [3.8, 4) is 0 Å². The van der Waals surface area contributed by atoms with Gasteiger partial charge in [0.15, 0.2) is 0 Å². The summed E-state index contributed by atoms with van der Waals surface area (Å²) in [6, 6.07) is 6.51. The van der Waals surface area contributed by atoms with Gasteiger partial charge in [-0.25, -0.2) is 9.07 Å². The fourth-order valence-corrected chi connectivity index (χ4v) is 2.19. The number of halogens is 1. The molecule has 0 spiro atoms. The van der Waals surface area contributed by atoms with Crippen LogP contribution in [0.1, 0.15) is 24.6 Å². The van der Waals surface area contributed by atoms with Crippen molar-refractivity contribution < 1.29 is 19.1 Å². The summed E-state index contributed by atoms with van der Waals surface area (Å²) in [6.07, 6.45) is 2.48. The lowest BCUT2D eigenvalue weighted by Crippen LogP contribution is -2.29. The van der Waals surface area contributed by atoms with Crippen LogP contribution in [0.2, 0.25) is 0 Å². The van der Waals surface area contributed by atoms with E-state index in [1.54, 1.807) is 25.1 Å². The van der Waals surface area contributed by atoms with Gasteiger partial charge in [-0.1, -0.05) is 30.3 Å². The number of aromatic nitrogens is 3. The van der Waals surface area contributed by atoms with Crippen LogP contribution >= 0.6 is 0 Å². The summed E-state index contributed by atoms with van der Waals surface area (Å²) < 4.78 is 14.7. The molecule has 1 heterocycles. The average Bonchev–Trinajstić information content (AvgIpc) is 2.98. The molecule has 1 unspecified atom stereocenters. The van der Waals surface area contributed by atoms with E-state index in [9.17, 15) is 14.0 Å². The van der Waals surface area contributed by atoms with Gasteiger partial charge in [0.05, 0.1) is 12.7 Å². The van der Waals surface area contributed by atoms with Gasteiger partial charge in [-0.2, -0.15) is 0 Å². The maximum atomic E-state index is 13.5. The molecule has 0 aliphatic carbocycles. The van der Waals surface area contributed by atoms with Crippen LogP contribution in [0.3, 0.4) is 0 Å². The molecule has 0 radical (unpaired) electrons. The Morgan fingerprint density at radius 3 is 2.83 bits per heavy atom. The zero-order valence-electron chi connectivity index (χ0n) is 13.3. The quantitative estimate of drug-likeness (QED) is 0.760. The smallest absolute Gasteiger partial charge is 0.325 e. The number of aryl methyl sites for hydroxylation is 1. The van der Waals surface area contributed by atoms with E-state index in [1.807, 2.05) is 0 Å². The predicted molar refractivity (Wildman–Crippen MR) is 83.4 cm³/mol. The van der Waals surface area contributed by atoms with Crippen LogP contribution in [0.5, 0.6) is 0 Å². The normalized spacial score (nSPS) is 11.9. The number of carboxylic acids is 1. The summed E-state index contributed by atoms with van der Waals surface area (Å²) in [4.78, 5) is 22.6. The minimum Gasteiger partial charge on any atom is -0.480 e. The first kappa shape index (κ1) is 17.6. The Labute approximate surface area is 138 Å². The minimum atomic E-state index is -1.02. The van der Waals surface area contributed by atoms with Crippen molar-refractivity contribution in [2.75, 3.05) is 0 Å². The number of nitrogens with one attached hydrogen (secondary N) is 1. The van der Waals surface area contributed by atoms with E-state index in [-0.39, 0.29) is 30.7 Å². The van der Waals surface area contributed by atoms with Crippen LogP contribution in [-0.2, 0) is 29.1 Å². The van der Waals surface area contributed by atoms with Crippen molar-refractivity contribution in [2.45, 2.75) is 32.9 Å². The molecular formula is C16H19FN4O3. The van der Waals surface area contributed by atoms with Gasteiger partial charge in [-0.3, -0.25) is 9.59 Å². The highest BCUT2D eigenvalue weighted by Crippen LogP contribution is 2.13. The highest BCUT2D eigenvalue weighted by molar-refractivity contribution is 5.78. The second-order valence-electron chi connectivity index (χ2n) is 5.55. The number of hydrogen-bond donors (Lipinski definition) is 2. The van der Waals surface area contributed by atoms with Gasteiger partial charge in [-0.15, -0.1) is 5.10 Å². The Balaban J connectivity index is 1.78. The third kappa shape index (κ3) is 5.15. The Hall–Kier alpha value is -2.77. The molecule has 8 heteroatoms. The number of carboxylic acid groups (broad SMARTS) is 1. The first-order valence-corrected chi connectivity index (χ1v) is 7.57. The monoisotopic (exact) mass is 334 g/mol. The maximum Gasteiger partial charge on any atom is 0.325 e. The first-order chi connectivity index (χ1) is 11.5. The predicted octanol–water partition coefficient (Wildman–Crippen LogP) is 1.39. The zero-order chi connectivity index (χ0) is 17.5. The number of rotatable bonds is 8. The number of benzene rings is 1. The molecular weight excluding hydrogens is 315 g/mol. The summed E-state index contributed by atoms with van der Waals surface area (Å²) in [5, 5.41) is 18.8. The Morgan fingerprint density at radius 1 is 1.38 bits per heavy atom. The summed E-state index contributed by atoms with van der Waals surface area (Å²) in [5.74, 6) is -1.73. The van der Waals surface area contributed by atoms with Gasteiger partial charge < -0.3 is 10.4 Å². The van der Waals surface area contributed by atoms with Gasteiger partial charge in [-0.05, 0) is 24.5 Å². The van der Waals surface area contributed by atoms with Gasteiger partial charge in [0.1, 0.15) is 18.1 Å². The highest BCUT2D eigenvalue weighted by Gasteiger charge is 2.14. The highest BCUT2D eigenvalue weighted by atomic mass is 19.1. The number of aliphatic carboxylic acids is 1. The summed E-state index contributed by atoms with van der Waals surface area (Å²) >= 11 is 0. The van der Waals surface area contributed by atoms with Crippen molar-refractivity contribution in [1.29, 1.82) is 0 Å². The molecule has 2 N–H and O–H groups in total. The van der Waals surface area contributed by atoms with E-state index in [1.165, 1.54) is 16.9 Å².